The minimum atomic E-state index is 0. The normalized spacial score (nSPS) is 11.7. The van der Waals surface area contributed by atoms with Gasteiger partial charge in [-0.15, -0.1) is 0 Å². The van der Waals surface area contributed by atoms with E-state index in [0.717, 1.165) is 37.8 Å². The SMILES string of the molecule is [Mg+2].[O-]n1c2nc3[nH+]c(nc4[n-]c(nc5[nH+]c(nc1c1ccccc12)-c1ccccc1-5)c1ccccc41)-c1ccccc1-3. The molecule has 42 heavy (non-hydrogen) atoms. The molecule has 0 aliphatic carbocycles. The zero-order chi connectivity index (χ0) is 27.1. The first-order valence-corrected chi connectivity index (χ1v) is 13.2. The summed E-state index contributed by atoms with van der Waals surface area (Å²) in [6.45, 7) is 0. The van der Waals surface area contributed by atoms with Crippen LogP contribution in [0.2, 0.25) is 0 Å². The van der Waals surface area contributed by atoms with Crippen molar-refractivity contribution in [1.82, 2.24) is 29.7 Å². The van der Waals surface area contributed by atoms with Gasteiger partial charge in [0.1, 0.15) is 5.82 Å². The largest absolute Gasteiger partial charge is 2.00 e. The summed E-state index contributed by atoms with van der Waals surface area (Å²) in [6.07, 6.45) is 0. The second-order valence-corrected chi connectivity index (χ2v) is 9.97. The molecule has 8 bridgehead atoms. The Morgan fingerprint density at radius 3 is 1.21 bits per heavy atom. The predicted molar refractivity (Wildman–Crippen MR) is 161 cm³/mol. The Morgan fingerprint density at radius 1 is 0.476 bits per heavy atom. The Kier molecular flexibility index (Phi) is 5.36. The fourth-order valence-corrected chi connectivity index (χ4v) is 5.73. The molecule has 2 N–H and O–H groups in total. The summed E-state index contributed by atoms with van der Waals surface area (Å²) in [5.74, 6) is 2.28. The summed E-state index contributed by atoms with van der Waals surface area (Å²) in [5, 5.41) is 17.1. The maximum Gasteiger partial charge on any atom is 2.00 e. The van der Waals surface area contributed by atoms with Gasteiger partial charge < -0.3 is 19.9 Å². The number of hydrogen-bond donors (Lipinski definition) is 0. The van der Waals surface area contributed by atoms with Crippen molar-refractivity contribution in [3.05, 3.63) is 102 Å². The number of fused-ring (bicyclic) bond motifs is 20. The van der Waals surface area contributed by atoms with Crippen molar-refractivity contribution >= 4 is 67.2 Å². The van der Waals surface area contributed by atoms with Crippen LogP contribution in [0.15, 0.2) is 97.1 Å². The smallest absolute Gasteiger partial charge is 0.801 e. The molecule has 4 aromatic carbocycles. The third kappa shape index (κ3) is 3.49. The molecule has 0 saturated heterocycles. The second kappa shape index (κ2) is 9.16. The number of rotatable bonds is 0. The van der Waals surface area contributed by atoms with Gasteiger partial charge >= 0.3 is 23.1 Å². The molecule has 3 aromatic heterocycles. The summed E-state index contributed by atoms with van der Waals surface area (Å²) >= 11 is 0. The van der Waals surface area contributed by atoms with E-state index in [2.05, 4.69) is 9.97 Å². The Labute approximate surface area is 253 Å². The van der Waals surface area contributed by atoms with Gasteiger partial charge in [-0.3, -0.25) is 4.98 Å². The summed E-state index contributed by atoms with van der Waals surface area (Å²) in [7, 11) is 0. The first kappa shape index (κ1) is 24.6. The third-order valence-corrected chi connectivity index (χ3v) is 7.63. The number of nitrogens with zero attached hydrogens (tertiary/aromatic N) is 6. The van der Waals surface area contributed by atoms with Crippen molar-refractivity contribution in [3.63, 3.8) is 0 Å². The molecule has 0 amide bonds. The second-order valence-electron chi connectivity index (χ2n) is 9.97. The van der Waals surface area contributed by atoms with Gasteiger partial charge in [0.15, 0.2) is 5.65 Å². The molecule has 0 radical (unpaired) electrons. The summed E-state index contributed by atoms with van der Waals surface area (Å²) in [6, 6.07) is 31.2. The van der Waals surface area contributed by atoms with Gasteiger partial charge in [0.25, 0.3) is 17.5 Å². The molecule has 0 atom stereocenters. The van der Waals surface area contributed by atoms with E-state index in [4.69, 9.17) is 24.9 Å². The van der Waals surface area contributed by atoms with Crippen molar-refractivity contribution in [2.24, 2.45) is 0 Å². The maximum absolute atomic E-state index is 13.9. The molecule has 9 rings (SSSR count). The van der Waals surface area contributed by atoms with Crippen LogP contribution in [0.3, 0.4) is 0 Å². The van der Waals surface area contributed by atoms with E-state index in [9.17, 15) is 5.21 Å². The first-order chi connectivity index (χ1) is 20.2. The number of nitrogens with one attached hydrogen (secondary N) is 2. The molecule has 2 aliphatic rings. The minimum Gasteiger partial charge on any atom is -0.801 e. The topological polar surface area (TPSA) is 122 Å². The van der Waals surface area contributed by atoms with Crippen LogP contribution < -0.4 is 15.0 Å². The number of benzene rings is 4. The average Bonchev–Trinajstić information content (AvgIpc) is 3.72. The van der Waals surface area contributed by atoms with Crippen molar-refractivity contribution in [3.8, 4) is 45.6 Å². The quantitative estimate of drug-likeness (QED) is 0.249. The van der Waals surface area contributed by atoms with Gasteiger partial charge in [-0.1, -0.05) is 81.7 Å². The fraction of sp³-hybridized carbons (Fsp3) is 0. The van der Waals surface area contributed by atoms with Gasteiger partial charge in [0.2, 0.25) is 11.3 Å². The van der Waals surface area contributed by atoms with E-state index >= 15 is 0 Å². The number of aromatic nitrogens is 8. The molecule has 5 heterocycles. The van der Waals surface area contributed by atoms with E-state index in [1.807, 2.05) is 97.1 Å². The molecular formula is C32H18MgN8O+2. The van der Waals surface area contributed by atoms with Gasteiger partial charge in [0, 0.05) is 27.4 Å². The van der Waals surface area contributed by atoms with Gasteiger partial charge in [-0.05, 0) is 35.7 Å². The Bertz CT molecular complexity index is 2250. The zero-order valence-electron chi connectivity index (χ0n) is 22.0. The van der Waals surface area contributed by atoms with Gasteiger partial charge in [0.05, 0.1) is 16.7 Å². The van der Waals surface area contributed by atoms with E-state index in [1.54, 1.807) is 0 Å². The first-order valence-electron chi connectivity index (χ1n) is 13.2. The molecule has 0 fully saturated rings. The van der Waals surface area contributed by atoms with Crippen LogP contribution in [0.25, 0.3) is 89.7 Å². The van der Waals surface area contributed by atoms with E-state index < -0.39 is 0 Å². The van der Waals surface area contributed by atoms with E-state index in [1.165, 1.54) is 0 Å². The number of H-pyrrole nitrogens is 2. The molecule has 2 aliphatic heterocycles. The van der Waals surface area contributed by atoms with Gasteiger partial charge in [-0.25, -0.2) is 4.98 Å². The zero-order valence-corrected chi connectivity index (χ0v) is 23.5. The van der Waals surface area contributed by atoms with Crippen LogP contribution in [0.5, 0.6) is 0 Å². The average molecular weight is 555 g/mol. The van der Waals surface area contributed by atoms with Crippen LogP contribution >= 0.6 is 0 Å². The summed E-state index contributed by atoms with van der Waals surface area (Å²) < 4.78 is 0.799. The predicted octanol–water partition coefficient (Wildman–Crippen LogP) is 4.78. The van der Waals surface area contributed by atoms with E-state index in [-0.39, 0.29) is 34.3 Å². The molecule has 7 aromatic rings. The molecular weight excluding hydrogens is 537 g/mol. The monoisotopic (exact) mass is 554 g/mol. The minimum absolute atomic E-state index is 0. The number of aromatic amines is 2. The van der Waals surface area contributed by atoms with Crippen LogP contribution in [0.4, 0.5) is 0 Å². The van der Waals surface area contributed by atoms with Crippen molar-refractivity contribution in [2.75, 3.05) is 0 Å². The molecule has 0 saturated carbocycles. The van der Waals surface area contributed by atoms with Crippen molar-refractivity contribution in [1.29, 1.82) is 0 Å². The van der Waals surface area contributed by atoms with Gasteiger partial charge in [-0.2, -0.15) is 0 Å². The fourth-order valence-electron chi connectivity index (χ4n) is 5.73. The molecule has 10 heteroatoms. The Hall–Kier alpha value is -5.19. The van der Waals surface area contributed by atoms with Crippen LogP contribution in [0.1, 0.15) is 0 Å². The molecule has 9 nitrogen and oxygen atoms in total. The summed E-state index contributed by atoms with van der Waals surface area (Å²) in [4.78, 5) is 31.3. The molecule has 0 spiro atoms. The Balaban J connectivity index is 0.00000267. The standard InChI is InChI=1S/C32H16N8O.Mg/c41-40-31-23-15-7-8-16-24(23)32(40)39-30-22-14-6-4-12-20(22)28(37-30)35-26-18-10-2-1-9-17(18)25(33-26)34-27-19-11-3-5-13-21(19)29(36-27)38-31;/h1-16H;/q-2;+2/p+2. The van der Waals surface area contributed by atoms with E-state index in [0.29, 0.717) is 45.4 Å². The molecule has 0 unspecified atom stereocenters. The van der Waals surface area contributed by atoms with Crippen LogP contribution in [-0.2, 0) is 0 Å². The van der Waals surface area contributed by atoms with Crippen molar-refractivity contribution < 1.29 is 9.97 Å². The van der Waals surface area contributed by atoms with Crippen LogP contribution in [-0.4, -0.2) is 47.7 Å². The maximum atomic E-state index is 13.9. The summed E-state index contributed by atoms with van der Waals surface area (Å²) in [5.41, 5.74) is 5.04. The number of hydrogen-bond acceptors (Lipinski definition) is 5. The Morgan fingerprint density at radius 2 is 0.810 bits per heavy atom. The third-order valence-electron chi connectivity index (χ3n) is 7.63. The molecule has 192 valence electrons. The van der Waals surface area contributed by atoms with Crippen molar-refractivity contribution in [2.45, 2.75) is 0 Å². The van der Waals surface area contributed by atoms with Crippen LogP contribution in [0, 0.1) is 5.21 Å².